The van der Waals surface area contributed by atoms with Crippen molar-refractivity contribution in [3.63, 3.8) is 0 Å². The molecule has 42 heavy (non-hydrogen) atoms. The molecular formula is C26H29F3N7O5Si. The van der Waals surface area contributed by atoms with Gasteiger partial charge in [0.1, 0.15) is 11.6 Å². The topological polar surface area (TPSA) is 141 Å². The molecule has 2 atom stereocenters. The molecule has 1 saturated heterocycles. The van der Waals surface area contributed by atoms with Crippen LogP contribution >= 0.6 is 0 Å². The number of aromatic nitrogens is 3. The van der Waals surface area contributed by atoms with Crippen molar-refractivity contribution in [2.75, 3.05) is 48.0 Å². The van der Waals surface area contributed by atoms with Crippen LogP contribution in [-0.4, -0.2) is 98.0 Å². The smallest absolute Gasteiger partial charge is 0.379 e. The van der Waals surface area contributed by atoms with E-state index in [-0.39, 0.29) is 74.1 Å². The van der Waals surface area contributed by atoms with Crippen LogP contribution in [0.4, 0.5) is 30.4 Å². The highest BCUT2D eigenvalue weighted by Gasteiger charge is 2.48. The summed E-state index contributed by atoms with van der Waals surface area (Å²) in [5, 5.41) is 8.04. The van der Waals surface area contributed by atoms with Gasteiger partial charge < -0.3 is 24.8 Å². The maximum atomic E-state index is 13.5. The Balaban J connectivity index is 1.19. The van der Waals surface area contributed by atoms with Gasteiger partial charge in [-0.15, -0.1) is 0 Å². The second-order valence-corrected chi connectivity index (χ2v) is 12.0. The number of carbonyl (C=O) groups is 3. The Morgan fingerprint density at radius 1 is 1.21 bits per heavy atom. The minimum absolute atomic E-state index is 0.0323. The second-order valence-electron chi connectivity index (χ2n) is 10.9. The molecule has 0 spiro atoms. The lowest BCUT2D eigenvalue weighted by molar-refractivity contribution is -0.138. The standard InChI is InChI=1S/C26H29F3N7O5Si/c1-14(37)21-17(11-31-33-23(21)39)32-25(2,42)13-41-8-5-20(38)34-6-7-35-19(12-34)24(40)36(16-3-4-16)18-9-15(26(27,28)29)10-30-22(18)35/h9-11,16,19H,3-8,12-13H2,1-2H3,(H2,32,33,39)/t19?,25-/m0/s1. The summed E-state index contributed by atoms with van der Waals surface area (Å²) in [5.41, 5.74) is -1.21. The molecule has 2 aromatic heterocycles. The Kier molecular flexibility index (Phi) is 7.87. The minimum Gasteiger partial charge on any atom is -0.379 e. The molecule has 223 valence electrons. The van der Waals surface area contributed by atoms with Crippen molar-refractivity contribution in [1.29, 1.82) is 0 Å². The third-order valence-electron chi connectivity index (χ3n) is 7.34. The van der Waals surface area contributed by atoms with Crippen molar-refractivity contribution < 1.29 is 32.3 Å². The number of pyridine rings is 1. The van der Waals surface area contributed by atoms with Gasteiger partial charge in [-0.2, -0.15) is 18.3 Å². The lowest BCUT2D eigenvalue weighted by Gasteiger charge is -2.47. The molecule has 0 bridgehead atoms. The first-order valence-electron chi connectivity index (χ1n) is 13.4. The number of fused-ring (bicyclic) bond motifs is 3. The van der Waals surface area contributed by atoms with Gasteiger partial charge in [0.25, 0.3) is 11.5 Å². The summed E-state index contributed by atoms with van der Waals surface area (Å²) < 4.78 is 45.8. The van der Waals surface area contributed by atoms with Crippen LogP contribution in [0, 0.1) is 0 Å². The van der Waals surface area contributed by atoms with Crippen LogP contribution in [0.1, 0.15) is 49.0 Å². The molecule has 1 unspecified atom stereocenters. The third-order valence-corrected chi connectivity index (χ3v) is 7.61. The summed E-state index contributed by atoms with van der Waals surface area (Å²) >= 11 is 0. The van der Waals surface area contributed by atoms with Gasteiger partial charge >= 0.3 is 6.18 Å². The number of alkyl halides is 3. The van der Waals surface area contributed by atoms with Gasteiger partial charge in [-0.05, 0) is 32.8 Å². The average Bonchev–Trinajstić information content (AvgIpc) is 3.75. The van der Waals surface area contributed by atoms with Gasteiger partial charge in [0.05, 0.1) is 59.6 Å². The minimum atomic E-state index is -4.58. The van der Waals surface area contributed by atoms with Crippen molar-refractivity contribution in [2.45, 2.75) is 56.5 Å². The Labute approximate surface area is 242 Å². The molecule has 1 saturated carbocycles. The number of anilines is 3. The number of nitrogens with one attached hydrogen (secondary N) is 2. The number of Topliss-reactive ketones (excluding diaryl/α,β-unsaturated/α-hetero) is 1. The second kappa shape index (κ2) is 11.1. The van der Waals surface area contributed by atoms with Crippen molar-refractivity contribution in [3.05, 3.63) is 39.9 Å². The number of H-pyrrole nitrogens is 1. The van der Waals surface area contributed by atoms with Crippen molar-refractivity contribution in [2.24, 2.45) is 0 Å². The Hall–Kier alpha value is -3.79. The molecule has 3 radical (unpaired) electrons. The third kappa shape index (κ3) is 6.04. The SMILES string of the molecule is CC(=O)c1c(N[C@@](C)([Si])COCCC(=O)N2CCN3c4ncc(C(F)(F)F)cc4N(C4CC4)C(=O)C3C2)cn[nH]c1=O. The van der Waals surface area contributed by atoms with Crippen molar-refractivity contribution >= 4 is 45.0 Å². The normalized spacial score (nSPS) is 20.1. The van der Waals surface area contributed by atoms with Gasteiger partial charge in [0.15, 0.2) is 11.6 Å². The van der Waals surface area contributed by atoms with Crippen LogP contribution < -0.4 is 20.7 Å². The number of rotatable bonds is 9. The lowest BCUT2D eigenvalue weighted by Crippen LogP contribution is -2.64. The van der Waals surface area contributed by atoms with E-state index in [1.807, 2.05) is 0 Å². The molecule has 16 heteroatoms. The first kappa shape index (κ1) is 29.7. The van der Waals surface area contributed by atoms with Crippen LogP contribution in [0.25, 0.3) is 0 Å². The zero-order valence-electron chi connectivity index (χ0n) is 23.0. The maximum absolute atomic E-state index is 13.5. The lowest BCUT2D eigenvalue weighted by atomic mass is 10.0. The van der Waals surface area contributed by atoms with E-state index in [1.165, 1.54) is 18.0 Å². The molecule has 4 heterocycles. The summed E-state index contributed by atoms with van der Waals surface area (Å²) in [4.78, 5) is 59.2. The molecular weight excluding hydrogens is 575 g/mol. The molecule has 2 amide bonds. The number of aromatic amines is 1. The largest absolute Gasteiger partial charge is 0.417 e. The summed E-state index contributed by atoms with van der Waals surface area (Å²) in [6.45, 7) is 3.73. The number of nitrogens with zero attached hydrogens (tertiary/aromatic N) is 5. The highest BCUT2D eigenvalue weighted by molar-refractivity contribution is 6.17. The van der Waals surface area contributed by atoms with Gasteiger partial charge in [0, 0.05) is 30.5 Å². The number of piperazine rings is 1. The zero-order chi connectivity index (χ0) is 30.4. The van der Waals surface area contributed by atoms with E-state index in [9.17, 15) is 32.3 Å². The van der Waals surface area contributed by atoms with E-state index in [0.29, 0.717) is 18.7 Å². The summed E-state index contributed by atoms with van der Waals surface area (Å²) in [6.07, 6.45) is -1.05. The van der Waals surface area contributed by atoms with Crippen LogP contribution in [0.3, 0.4) is 0 Å². The average molecular weight is 605 g/mol. The number of ether oxygens (including phenoxy) is 1. The quantitative estimate of drug-likeness (QED) is 0.246. The monoisotopic (exact) mass is 604 g/mol. The predicted molar refractivity (Wildman–Crippen MR) is 146 cm³/mol. The van der Waals surface area contributed by atoms with E-state index < -0.39 is 34.3 Å². The van der Waals surface area contributed by atoms with Crippen LogP contribution in [0.15, 0.2) is 23.3 Å². The van der Waals surface area contributed by atoms with Gasteiger partial charge in [-0.3, -0.25) is 19.2 Å². The fourth-order valence-corrected chi connectivity index (χ4v) is 5.47. The molecule has 2 fully saturated rings. The molecule has 2 aliphatic heterocycles. The van der Waals surface area contributed by atoms with Crippen LogP contribution in [0.5, 0.6) is 0 Å². The van der Waals surface area contributed by atoms with Crippen molar-refractivity contribution in [3.8, 4) is 0 Å². The fourth-order valence-electron chi connectivity index (χ4n) is 5.23. The molecule has 2 N–H and O–H groups in total. The highest BCUT2D eigenvalue weighted by atomic mass is 28.1. The zero-order valence-corrected chi connectivity index (χ0v) is 24.0. The number of ketones is 1. The van der Waals surface area contributed by atoms with E-state index in [2.05, 4.69) is 30.7 Å². The predicted octanol–water partition coefficient (Wildman–Crippen LogP) is 1.32. The number of halogens is 3. The molecule has 0 aromatic carbocycles. The number of amides is 2. The van der Waals surface area contributed by atoms with E-state index in [1.54, 1.807) is 16.7 Å². The number of hydrogen-bond donors (Lipinski definition) is 2. The fraction of sp³-hybridized carbons (Fsp3) is 0.538. The van der Waals surface area contributed by atoms with Crippen molar-refractivity contribution in [1.82, 2.24) is 20.1 Å². The maximum Gasteiger partial charge on any atom is 0.417 e. The molecule has 12 nitrogen and oxygen atoms in total. The Bertz CT molecular complexity index is 1460. The summed E-state index contributed by atoms with van der Waals surface area (Å²) in [7, 11) is 3.53. The Morgan fingerprint density at radius 3 is 2.62 bits per heavy atom. The van der Waals surface area contributed by atoms with E-state index >= 15 is 0 Å². The number of carbonyl (C=O) groups excluding carboxylic acids is 3. The highest BCUT2D eigenvalue weighted by Crippen LogP contribution is 2.44. The molecule has 5 rings (SSSR count). The van der Waals surface area contributed by atoms with E-state index in [0.717, 1.165) is 12.3 Å². The molecule has 1 aliphatic carbocycles. The first-order valence-corrected chi connectivity index (χ1v) is 13.9. The van der Waals surface area contributed by atoms with Gasteiger partial charge in [-0.1, -0.05) is 0 Å². The van der Waals surface area contributed by atoms with Gasteiger partial charge in [0.2, 0.25) is 5.91 Å². The summed E-state index contributed by atoms with van der Waals surface area (Å²) in [6, 6.07) is 0.0731. The first-order chi connectivity index (χ1) is 19.8. The number of hydrogen-bond acceptors (Lipinski definition) is 9. The molecule has 2 aromatic rings. The summed E-state index contributed by atoms with van der Waals surface area (Å²) in [5.74, 6) is -0.674. The Morgan fingerprint density at radius 2 is 1.95 bits per heavy atom. The van der Waals surface area contributed by atoms with Crippen LogP contribution in [-0.2, 0) is 20.5 Å². The molecule has 3 aliphatic rings. The van der Waals surface area contributed by atoms with Crippen LogP contribution in [0.2, 0.25) is 0 Å². The van der Waals surface area contributed by atoms with Gasteiger partial charge in [-0.25, -0.2) is 10.1 Å². The van der Waals surface area contributed by atoms with E-state index in [4.69, 9.17) is 4.74 Å².